The van der Waals surface area contributed by atoms with Gasteiger partial charge in [-0.05, 0) is 97.6 Å². The van der Waals surface area contributed by atoms with Crippen molar-refractivity contribution in [2.24, 2.45) is 5.92 Å². The lowest BCUT2D eigenvalue weighted by molar-refractivity contribution is 0.200. The number of halogens is 1. The van der Waals surface area contributed by atoms with Crippen molar-refractivity contribution in [2.45, 2.75) is 51.0 Å². The minimum atomic E-state index is 0.356. The maximum atomic E-state index is 6.24. The molecule has 1 aliphatic heterocycles. The first-order valence-electron chi connectivity index (χ1n) is 8.50. The largest absolute Gasteiger partial charge is 0.492 e. The molecule has 1 aromatic rings. The van der Waals surface area contributed by atoms with E-state index in [0.29, 0.717) is 6.10 Å². The predicted molar refractivity (Wildman–Crippen MR) is 92.9 cm³/mol. The highest BCUT2D eigenvalue weighted by Crippen LogP contribution is 2.39. The minimum absolute atomic E-state index is 0.356. The first kappa shape index (κ1) is 16.1. The summed E-state index contributed by atoms with van der Waals surface area (Å²) in [5, 5.41) is 3.44. The van der Waals surface area contributed by atoms with Gasteiger partial charge in [-0.3, -0.25) is 0 Å². The Labute approximate surface area is 141 Å². The van der Waals surface area contributed by atoms with Crippen molar-refractivity contribution < 1.29 is 9.47 Å². The van der Waals surface area contributed by atoms with Gasteiger partial charge in [0.25, 0.3) is 0 Å². The van der Waals surface area contributed by atoms with E-state index in [9.17, 15) is 0 Å². The maximum Gasteiger partial charge on any atom is 0.174 e. The molecule has 3 rings (SSSR count). The molecule has 22 heavy (non-hydrogen) atoms. The molecule has 1 saturated carbocycles. The van der Waals surface area contributed by atoms with Gasteiger partial charge in [-0.25, -0.2) is 0 Å². The second kappa shape index (κ2) is 7.69. The van der Waals surface area contributed by atoms with Gasteiger partial charge in [0.1, 0.15) is 0 Å². The van der Waals surface area contributed by atoms with Crippen LogP contribution in [0.4, 0.5) is 0 Å². The molecule has 0 spiro atoms. The third-order valence-corrected chi connectivity index (χ3v) is 5.44. The summed E-state index contributed by atoms with van der Waals surface area (Å²) < 4.78 is 12.8. The van der Waals surface area contributed by atoms with Gasteiger partial charge in [-0.2, -0.15) is 0 Å². The number of ether oxygens (including phenoxy) is 2. The average molecular weight is 368 g/mol. The third kappa shape index (κ3) is 3.96. The van der Waals surface area contributed by atoms with E-state index in [1.54, 1.807) is 7.11 Å². The van der Waals surface area contributed by atoms with Gasteiger partial charge in [0.05, 0.1) is 17.7 Å². The van der Waals surface area contributed by atoms with Crippen LogP contribution in [0.15, 0.2) is 16.6 Å². The van der Waals surface area contributed by atoms with Gasteiger partial charge in [-0.15, -0.1) is 0 Å². The first-order chi connectivity index (χ1) is 10.8. The SMILES string of the molecule is COc1c(Br)cc(CC2CCNCC2)cc1OC1CCCC1. The van der Waals surface area contributed by atoms with Crippen molar-refractivity contribution in [1.82, 2.24) is 5.32 Å². The summed E-state index contributed by atoms with van der Waals surface area (Å²) in [6, 6.07) is 4.40. The molecule has 2 fully saturated rings. The standard InChI is InChI=1S/C18H26BrNO2/c1-21-18-16(19)11-14(10-13-6-8-20-9-7-13)12-17(18)22-15-4-2-3-5-15/h11-13,15,20H,2-10H2,1H3. The third-order valence-electron chi connectivity index (χ3n) is 4.85. The van der Waals surface area contributed by atoms with Crippen LogP contribution >= 0.6 is 15.9 Å². The summed E-state index contributed by atoms with van der Waals surface area (Å²) in [5.74, 6) is 2.52. The summed E-state index contributed by atoms with van der Waals surface area (Å²) in [6.07, 6.45) is 8.91. The molecule has 1 heterocycles. The fourth-order valence-electron chi connectivity index (χ4n) is 3.63. The minimum Gasteiger partial charge on any atom is -0.492 e. The van der Waals surface area contributed by atoms with E-state index >= 15 is 0 Å². The van der Waals surface area contributed by atoms with Crippen molar-refractivity contribution in [1.29, 1.82) is 0 Å². The Bertz CT molecular complexity index is 494. The number of methoxy groups -OCH3 is 1. The summed E-state index contributed by atoms with van der Waals surface area (Å²) in [7, 11) is 1.72. The smallest absolute Gasteiger partial charge is 0.174 e. The van der Waals surface area contributed by atoms with Crippen LogP contribution in [-0.4, -0.2) is 26.3 Å². The summed E-state index contributed by atoms with van der Waals surface area (Å²) in [6.45, 7) is 2.29. The Morgan fingerprint density at radius 3 is 2.55 bits per heavy atom. The van der Waals surface area contributed by atoms with Crippen LogP contribution in [-0.2, 0) is 6.42 Å². The van der Waals surface area contributed by atoms with Crippen molar-refractivity contribution in [3.05, 3.63) is 22.2 Å². The van der Waals surface area contributed by atoms with Crippen LogP contribution in [0.25, 0.3) is 0 Å². The van der Waals surface area contributed by atoms with E-state index in [0.717, 1.165) is 41.4 Å². The molecule has 0 bridgehead atoms. The maximum absolute atomic E-state index is 6.24. The van der Waals surface area contributed by atoms with Gasteiger partial charge in [-0.1, -0.05) is 0 Å². The Kier molecular flexibility index (Phi) is 5.64. The van der Waals surface area contributed by atoms with Gasteiger partial charge in [0.15, 0.2) is 11.5 Å². The highest BCUT2D eigenvalue weighted by molar-refractivity contribution is 9.10. The number of benzene rings is 1. The summed E-state index contributed by atoms with van der Waals surface area (Å²) in [5.41, 5.74) is 1.35. The molecule has 1 aromatic carbocycles. The van der Waals surface area contributed by atoms with E-state index in [4.69, 9.17) is 9.47 Å². The Morgan fingerprint density at radius 1 is 1.14 bits per heavy atom. The zero-order chi connectivity index (χ0) is 15.4. The monoisotopic (exact) mass is 367 g/mol. The van der Waals surface area contributed by atoms with Gasteiger partial charge in [0, 0.05) is 0 Å². The fraction of sp³-hybridized carbons (Fsp3) is 0.667. The number of rotatable bonds is 5. The van der Waals surface area contributed by atoms with E-state index in [2.05, 4.69) is 33.4 Å². The number of nitrogens with one attached hydrogen (secondary N) is 1. The lowest BCUT2D eigenvalue weighted by Gasteiger charge is -2.23. The molecule has 0 radical (unpaired) electrons. The lowest BCUT2D eigenvalue weighted by atomic mass is 9.91. The second-order valence-electron chi connectivity index (χ2n) is 6.53. The zero-order valence-corrected chi connectivity index (χ0v) is 15.0. The molecule has 0 atom stereocenters. The van der Waals surface area contributed by atoms with Gasteiger partial charge >= 0.3 is 0 Å². The molecule has 3 nitrogen and oxygen atoms in total. The van der Waals surface area contributed by atoms with E-state index in [-0.39, 0.29) is 0 Å². The molecule has 0 aromatic heterocycles. The Balaban J connectivity index is 1.76. The first-order valence-corrected chi connectivity index (χ1v) is 9.29. The quantitative estimate of drug-likeness (QED) is 0.840. The highest BCUT2D eigenvalue weighted by Gasteiger charge is 2.21. The number of piperidine rings is 1. The van der Waals surface area contributed by atoms with Crippen LogP contribution < -0.4 is 14.8 Å². The van der Waals surface area contributed by atoms with Crippen LogP contribution in [0, 0.1) is 5.92 Å². The van der Waals surface area contributed by atoms with Crippen molar-refractivity contribution in [2.75, 3.05) is 20.2 Å². The number of hydrogen-bond donors (Lipinski definition) is 1. The van der Waals surface area contributed by atoms with Crippen LogP contribution in [0.1, 0.15) is 44.1 Å². The molecule has 0 amide bonds. The van der Waals surface area contributed by atoms with Crippen LogP contribution in [0.2, 0.25) is 0 Å². The molecule has 0 unspecified atom stereocenters. The molecule has 4 heteroatoms. The lowest BCUT2D eigenvalue weighted by Crippen LogP contribution is -2.28. The van der Waals surface area contributed by atoms with E-state index < -0.39 is 0 Å². The molecular formula is C18H26BrNO2. The van der Waals surface area contributed by atoms with E-state index in [1.807, 2.05) is 0 Å². The predicted octanol–water partition coefficient (Wildman–Crippen LogP) is 4.32. The molecular weight excluding hydrogens is 342 g/mol. The van der Waals surface area contributed by atoms with Crippen molar-refractivity contribution in [3.8, 4) is 11.5 Å². The Hall–Kier alpha value is -0.740. The molecule has 1 saturated heterocycles. The normalized spacial score (nSPS) is 20.3. The Morgan fingerprint density at radius 2 is 1.86 bits per heavy atom. The molecule has 2 aliphatic rings. The average Bonchev–Trinajstić information content (AvgIpc) is 3.01. The van der Waals surface area contributed by atoms with Crippen molar-refractivity contribution in [3.63, 3.8) is 0 Å². The number of hydrogen-bond acceptors (Lipinski definition) is 3. The molecule has 122 valence electrons. The summed E-state index contributed by atoms with van der Waals surface area (Å²) >= 11 is 3.66. The summed E-state index contributed by atoms with van der Waals surface area (Å²) in [4.78, 5) is 0. The highest BCUT2D eigenvalue weighted by atomic mass is 79.9. The van der Waals surface area contributed by atoms with Gasteiger partial charge < -0.3 is 14.8 Å². The van der Waals surface area contributed by atoms with E-state index in [1.165, 1.54) is 44.1 Å². The second-order valence-corrected chi connectivity index (χ2v) is 7.39. The fourth-order valence-corrected chi connectivity index (χ4v) is 4.28. The van der Waals surface area contributed by atoms with Crippen LogP contribution in [0.5, 0.6) is 11.5 Å². The van der Waals surface area contributed by atoms with Crippen LogP contribution in [0.3, 0.4) is 0 Å². The van der Waals surface area contributed by atoms with Gasteiger partial charge in [0.2, 0.25) is 0 Å². The molecule has 1 N–H and O–H groups in total. The zero-order valence-electron chi connectivity index (χ0n) is 13.4. The van der Waals surface area contributed by atoms with Crippen molar-refractivity contribution >= 4 is 15.9 Å². The topological polar surface area (TPSA) is 30.5 Å². The molecule has 1 aliphatic carbocycles.